The summed E-state index contributed by atoms with van der Waals surface area (Å²) in [6.07, 6.45) is 0. The van der Waals surface area contributed by atoms with Crippen LogP contribution in [0.25, 0.3) is 32.3 Å². The van der Waals surface area contributed by atoms with Crippen molar-refractivity contribution in [2.75, 3.05) is 19.6 Å². The molecule has 0 amide bonds. The molecule has 0 unspecified atom stereocenters. The average molecular weight is 528 g/mol. The van der Waals surface area contributed by atoms with Crippen LogP contribution in [0.2, 0.25) is 0 Å². The van der Waals surface area contributed by atoms with Crippen molar-refractivity contribution in [1.82, 2.24) is 4.90 Å². The molecule has 6 aromatic carbocycles. The molecule has 4 heteroatoms. The van der Waals surface area contributed by atoms with Crippen molar-refractivity contribution < 1.29 is 14.2 Å². The Morgan fingerprint density at radius 1 is 0.450 bits per heavy atom. The van der Waals surface area contributed by atoms with Crippen molar-refractivity contribution in [2.24, 2.45) is 0 Å². The molecule has 6 aromatic rings. The Morgan fingerprint density at radius 3 is 1.12 bits per heavy atom. The third-order valence-electron chi connectivity index (χ3n) is 7.36. The Bertz CT molecular complexity index is 1550. The first-order valence-electron chi connectivity index (χ1n) is 13.9. The summed E-state index contributed by atoms with van der Waals surface area (Å²) in [7, 11) is 0. The van der Waals surface area contributed by atoms with Crippen molar-refractivity contribution in [1.29, 1.82) is 0 Å². The molecule has 200 valence electrons. The maximum absolute atomic E-state index is 6.97. The van der Waals surface area contributed by atoms with E-state index in [0.717, 1.165) is 45.4 Å². The van der Waals surface area contributed by atoms with Gasteiger partial charge in [-0.05, 0) is 47.4 Å². The lowest BCUT2D eigenvalue weighted by atomic mass is 10.1. The van der Waals surface area contributed by atoms with Gasteiger partial charge >= 0.3 is 5.97 Å². The van der Waals surface area contributed by atoms with Gasteiger partial charge in [0, 0.05) is 16.2 Å². The Labute approximate surface area is 235 Å². The van der Waals surface area contributed by atoms with Crippen LogP contribution in [0.3, 0.4) is 0 Å². The number of likely N-dealkylation sites (N-methyl/N-ethyl adjacent to an activating group) is 1. The first kappa shape index (κ1) is 25.7. The molecule has 0 aliphatic carbocycles. The minimum atomic E-state index is -1.50. The van der Waals surface area contributed by atoms with Crippen molar-refractivity contribution in [3.8, 4) is 17.2 Å². The molecule has 0 aliphatic heterocycles. The first-order chi connectivity index (χ1) is 19.7. The van der Waals surface area contributed by atoms with E-state index in [1.54, 1.807) is 0 Å². The molecular weight excluding hydrogens is 494 g/mol. The quantitative estimate of drug-likeness (QED) is 0.167. The van der Waals surface area contributed by atoms with Gasteiger partial charge in [0.1, 0.15) is 23.8 Å². The van der Waals surface area contributed by atoms with Crippen molar-refractivity contribution in [2.45, 2.75) is 19.8 Å². The van der Waals surface area contributed by atoms with E-state index >= 15 is 0 Å². The zero-order chi connectivity index (χ0) is 27.4. The highest BCUT2D eigenvalue weighted by molar-refractivity contribution is 5.90. The lowest BCUT2D eigenvalue weighted by Crippen LogP contribution is -2.56. The van der Waals surface area contributed by atoms with E-state index in [9.17, 15) is 0 Å². The summed E-state index contributed by atoms with van der Waals surface area (Å²) in [5.74, 6) is 0.604. The van der Waals surface area contributed by atoms with Crippen LogP contribution in [0.5, 0.6) is 17.2 Å². The van der Waals surface area contributed by atoms with Gasteiger partial charge < -0.3 is 14.2 Å². The zero-order valence-electron chi connectivity index (χ0n) is 22.9. The van der Waals surface area contributed by atoms with Gasteiger partial charge in [0.05, 0.1) is 0 Å². The average Bonchev–Trinajstić information content (AvgIpc) is 3.00. The fourth-order valence-corrected chi connectivity index (χ4v) is 5.24. The minimum Gasteiger partial charge on any atom is -0.419 e. The number of ether oxygens (including phenoxy) is 3. The first-order valence-corrected chi connectivity index (χ1v) is 13.9. The van der Waals surface area contributed by atoms with Crippen molar-refractivity contribution >= 4 is 32.3 Å². The van der Waals surface area contributed by atoms with Crippen LogP contribution in [0, 0.1) is 0 Å². The van der Waals surface area contributed by atoms with Crippen LogP contribution < -0.4 is 14.2 Å². The van der Waals surface area contributed by atoms with Crippen LogP contribution in [-0.4, -0.2) is 30.5 Å². The molecule has 0 heterocycles. The van der Waals surface area contributed by atoms with Crippen LogP contribution in [0.1, 0.15) is 13.8 Å². The highest BCUT2D eigenvalue weighted by Gasteiger charge is 2.42. The van der Waals surface area contributed by atoms with Gasteiger partial charge in [0.2, 0.25) is 0 Å². The van der Waals surface area contributed by atoms with E-state index in [1.165, 1.54) is 0 Å². The monoisotopic (exact) mass is 527 g/mol. The third-order valence-corrected chi connectivity index (χ3v) is 7.36. The summed E-state index contributed by atoms with van der Waals surface area (Å²) < 4.78 is 20.9. The van der Waals surface area contributed by atoms with E-state index in [2.05, 4.69) is 73.3 Å². The van der Waals surface area contributed by atoms with Gasteiger partial charge in [-0.15, -0.1) is 0 Å². The smallest absolute Gasteiger partial charge is 0.419 e. The predicted octanol–water partition coefficient (Wildman–Crippen LogP) is 8.68. The molecule has 0 aliphatic rings. The van der Waals surface area contributed by atoms with Gasteiger partial charge in [0.15, 0.2) is 0 Å². The zero-order valence-corrected chi connectivity index (χ0v) is 22.9. The summed E-state index contributed by atoms with van der Waals surface area (Å²) in [6, 6.07) is 42.9. The molecule has 0 radical (unpaired) electrons. The van der Waals surface area contributed by atoms with Gasteiger partial charge in [0.25, 0.3) is 0 Å². The molecule has 0 spiro atoms. The van der Waals surface area contributed by atoms with Crippen LogP contribution in [-0.2, 0) is 0 Å². The highest BCUT2D eigenvalue weighted by atomic mass is 16.9. The van der Waals surface area contributed by atoms with Gasteiger partial charge in [-0.3, -0.25) is 4.90 Å². The Kier molecular flexibility index (Phi) is 7.26. The number of benzene rings is 6. The topological polar surface area (TPSA) is 30.9 Å². The second kappa shape index (κ2) is 11.3. The largest absolute Gasteiger partial charge is 0.430 e. The van der Waals surface area contributed by atoms with Crippen molar-refractivity contribution in [3.05, 3.63) is 127 Å². The number of rotatable bonds is 10. The fourth-order valence-electron chi connectivity index (χ4n) is 5.24. The molecule has 0 bridgehead atoms. The summed E-state index contributed by atoms with van der Waals surface area (Å²) in [4.78, 5) is 2.27. The number of hydrogen-bond acceptors (Lipinski definition) is 4. The van der Waals surface area contributed by atoms with E-state index in [4.69, 9.17) is 14.2 Å². The Balaban J connectivity index is 1.55. The van der Waals surface area contributed by atoms with Gasteiger partial charge in [-0.2, -0.15) is 0 Å². The molecule has 0 saturated heterocycles. The molecule has 0 fully saturated rings. The predicted molar refractivity (Wildman–Crippen MR) is 164 cm³/mol. The molecule has 0 N–H and O–H groups in total. The molecule has 0 atom stereocenters. The van der Waals surface area contributed by atoms with Crippen LogP contribution in [0.15, 0.2) is 127 Å². The molecule has 0 aromatic heterocycles. The number of fused-ring (bicyclic) bond motifs is 3. The number of hydrogen-bond donors (Lipinski definition) is 0. The highest BCUT2D eigenvalue weighted by Crippen LogP contribution is 2.36. The molecular formula is C36H33NO3. The molecule has 6 rings (SSSR count). The Morgan fingerprint density at radius 2 is 0.775 bits per heavy atom. The maximum Gasteiger partial charge on any atom is 0.430 e. The standard InChI is InChI=1S/C36H33NO3/c1-3-37(4-2)26-36(38-33-23-11-17-27-14-5-8-20-30(27)33,39-34-24-12-18-28-15-6-9-21-31(28)34)40-35-25-13-19-29-16-7-10-22-32(29)35/h5-25H,3-4,26H2,1-2H3. The van der Waals surface area contributed by atoms with E-state index in [0.29, 0.717) is 23.8 Å². The van der Waals surface area contributed by atoms with E-state index in [-0.39, 0.29) is 0 Å². The van der Waals surface area contributed by atoms with Gasteiger partial charge in [-0.1, -0.05) is 123 Å². The van der Waals surface area contributed by atoms with E-state index in [1.807, 2.05) is 72.8 Å². The third kappa shape index (κ3) is 5.18. The second-order valence-electron chi connectivity index (χ2n) is 9.88. The normalized spacial score (nSPS) is 11.8. The summed E-state index contributed by atoms with van der Waals surface area (Å²) >= 11 is 0. The summed E-state index contributed by atoms with van der Waals surface area (Å²) in [6.45, 7) is 6.30. The van der Waals surface area contributed by atoms with Crippen LogP contribution in [0.4, 0.5) is 0 Å². The molecule has 0 saturated carbocycles. The fraction of sp³-hybridized carbons (Fsp3) is 0.167. The SMILES string of the molecule is CCN(CC)CC(Oc1cccc2ccccc12)(Oc1cccc2ccccc12)Oc1cccc2ccccc12. The maximum atomic E-state index is 6.97. The van der Waals surface area contributed by atoms with Crippen molar-refractivity contribution in [3.63, 3.8) is 0 Å². The minimum absolute atomic E-state index is 0.385. The Hall–Kier alpha value is -4.54. The number of nitrogens with zero attached hydrogens (tertiary/aromatic N) is 1. The lowest BCUT2D eigenvalue weighted by Gasteiger charge is -2.38. The lowest BCUT2D eigenvalue weighted by molar-refractivity contribution is -0.259. The van der Waals surface area contributed by atoms with Crippen LogP contribution >= 0.6 is 0 Å². The van der Waals surface area contributed by atoms with E-state index < -0.39 is 5.97 Å². The summed E-state index contributed by atoms with van der Waals surface area (Å²) in [5, 5.41) is 6.26. The summed E-state index contributed by atoms with van der Waals surface area (Å²) in [5.41, 5.74) is 0. The van der Waals surface area contributed by atoms with Gasteiger partial charge in [-0.25, -0.2) is 0 Å². The molecule has 40 heavy (non-hydrogen) atoms. The molecule has 4 nitrogen and oxygen atoms in total. The second-order valence-corrected chi connectivity index (χ2v) is 9.88.